The second kappa shape index (κ2) is 10.8. The molecule has 1 aliphatic rings. The fourth-order valence-electron chi connectivity index (χ4n) is 3.72. The van der Waals surface area contributed by atoms with Crippen molar-refractivity contribution in [3.8, 4) is 5.75 Å². The van der Waals surface area contributed by atoms with Crippen LogP contribution in [0.1, 0.15) is 33.3 Å². The van der Waals surface area contributed by atoms with Gasteiger partial charge >= 0.3 is 13.7 Å². The minimum Gasteiger partial charge on any atom is -0.435 e. The Hall–Kier alpha value is -3.02. The molecule has 1 aliphatic heterocycles. The molecule has 0 saturated carbocycles. The van der Waals surface area contributed by atoms with Crippen LogP contribution in [0, 0.1) is 0 Å². The average molecular weight is 574 g/mol. The summed E-state index contributed by atoms with van der Waals surface area (Å²) in [5.41, 5.74) is 1.95. The molecule has 37 heavy (non-hydrogen) atoms. The van der Waals surface area contributed by atoms with Gasteiger partial charge in [0.2, 0.25) is 0 Å². The molecule has 0 aliphatic carbocycles. The lowest BCUT2D eigenvalue weighted by Crippen LogP contribution is -2.41. The van der Waals surface area contributed by atoms with Gasteiger partial charge in [-0.1, -0.05) is 24.3 Å². The first-order chi connectivity index (χ1) is 17.4. The highest BCUT2D eigenvalue weighted by Gasteiger charge is 2.51. The first-order valence-electron chi connectivity index (χ1n) is 11.6. The number of benzene rings is 2. The number of hydrogen-bond acceptors (Lipinski definition) is 5. The molecule has 7 nitrogen and oxygen atoms in total. The van der Waals surface area contributed by atoms with Gasteiger partial charge in [-0.15, -0.1) is 0 Å². The number of ether oxygens (including phenoxy) is 1. The largest absolute Gasteiger partial charge is 0.494 e. The number of aromatic amines is 1. The highest BCUT2D eigenvalue weighted by molar-refractivity contribution is 9.10. The SMILES string of the molecule is CC1(C)OB(c2ccc3cn[nH]c3c2)OC1(C)C.O=c1ccc(Br)cn1Cc1cccc(OC(F)F)c1. The summed E-state index contributed by atoms with van der Waals surface area (Å²) in [4.78, 5) is 11.6. The molecule has 0 amide bonds. The Balaban J connectivity index is 0.000000173. The summed E-state index contributed by atoms with van der Waals surface area (Å²) in [5.74, 6) is 0.0792. The first kappa shape index (κ1) is 27.0. The standard InChI is InChI=1S/C13H17BN2O2.C13H10BrF2NO2/c1-12(2)13(3,4)18-14(17-12)10-6-5-9-8-15-16-11(9)7-10;14-10-4-5-12(18)17(8-10)7-9-2-1-3-11(6-9)19-13(15)16/h5-8H,1-4H3,(H,15,16);1-6,8,13H,7H2. The lowest BCUT2D eigenvalue weighted by molar-refractivity contribution is -0.0498. The number of H-pyrrole nitrogens is 1. The smallest absolute Gasteiger partial charge is 0.435 e. The van der Waals surface area contributed by atoms with Gasteiger partial charge in [-0.05, 0) is 78.9 Å². The second-order valence-corrected chi connectivity index (χ2v) is 10.6. The van der Waals surface area contributed by atoms with E-state index >= 15 is 0 Å². The van der Waals surface area contributed by atoms with Crippen LogP contribution < -0.4 is 15.8 Å². The quantitative estimate of drug-likeness (QED) is 0.335. The summed E-state index contributed by atoms with van der Waals surface area (Å²) in [6.45, 7) is 5.66. The molecule has 1 saturated heterocycles. The Morgan fingerprint density at radius 3 is 2.51 bits per heavy atom. The van der Waals surface area contributed by atoms with Crippen molar-refractivity contribution in [2.75, 3.05) is 0 Å². The van der Waals surface area contributed by atoms with Gasteiger partial charge in [-0.25, -0.2) is 0 Å². The second-order valence-electron chi connectivity index (χ2n) is 9.64. The van der Waals surface area contributed by atoms with Crippen LogP contribution in [-0.4, -0.2) is 39.7 Å². The molecular weight excluding hydrogens is 547 g/mol. The summed E-state index contributed by atoms with van der Waals surface area (Å²) >= 11 is 3.27. The van der Waals surface area contributed by atoms with E-state index in [1.54, 1.807) is 24.4 Å². The van der Waals surface area contributed by atoms with E-state index in [4.69, 9.17) is 9.31 Å². The number of aromatic nitrogens is 3. The summed E-state index contributed by atoms with van der Waals surface area (Å²) in [6, 6.07) is 15.4. The van der Waals surface area contributed by atoms with E-state index in [1.165, 1.54) is 22.8 Å². The van der Waals surface area contributed by atoms with E-state index in [2.05, 4.69) is 58.6 Å². The van der Waals surface area contributed by atoms with Crippen LogP contribution in [0.4, 0.5) is 8.78 Å². The molecule has 0 spiro atoms. The molecule has 4 aromatic rings. The summed E-state index contributed by atoms with van der Waals surface area (Å²) < 4.78 is 42.8. The zero-order valence-corrected chi connectivity index (χ0v) is 22.5. The minimum atomic E-state index is -2.86. The summed E-state index contributed by atoms with van der Waals surface area (Å²) in [6.07, 6.45) is 3.45. The number of alkyl halides is 2. The highest BCUT2D eigenvalue weighted by atomic mass is 79.9. The maximum atomic E-state index is 12.1. The van der Waals surface area contributed by atoms with Crippen molar-refractivity contribution in [1.82, 2.24) is 14.8 Å². The molecule has 0 bridgehead atoms. The van der Waals surface area contributed by atoms with Gasteiger partial charge in [0, 0.05) is 22.1 Å². The third-order valence-electron chi connectivity index (χ3n) is 6.42. The van der Waals surface area contributed by atoms with Crippen LogP contribution in [-0.2, 0) is 15.9 Å². The van der Waals surface area contributed by atoms with Crippen molar-refractivity contribution >= 4 is 39.4 Å². The zero-order chi connectivity index (χ0) is 26.8. The Bertz CT molecular complexity index is 1420. The zero-order valence-electron chi connectivity index (χ0n) is 20.9. The normalized spacial score (nSPS) is 16.1. The van der Waals surface area contributed by atoms with Crippen LogP contribution in [0.25, 0.3) is 10.9 Å². The van der Waals surface area contributed by atoms with Crippen LogP contribution in [0.3, 0.4) is 0 Å². The Morgan fingerprint density at radius 2 is 1.81 bits per heavy atom. The van der Waals surface area contributed by atoms with E-state index in [9.17, 15) is 13.6 Å². The van der Waals surface area contributed by atoms with E-state index < -0.39 is 6.61 Å². The average Bonchev–Trinajstić information content (AvgIpc) is 3.37. The number of hydrogen-bond donors (Lipinski definition) is 1. The van der Waals surface area contributed by atoms with Crippen molar-refractivity contribution in [2.45, 2.75) is 52.1 Å². The lowest BCUT2D eigenvalue weighted by atomic mass is 9.79. The fraction of sp³-hybridized carbons (Fsp3) is 0.308. The number of nitrogens with zero attached hydrogens (tertiary/aromatic N) is 2. The number of pyridine rings is 1. The molecule has 1 fully saturated rings. The van der Waals surface area contributed by atoms with E-state index in [0.29, 0.717) is 12.1 Å². The maximum Gasteiger partial charge on any atom is 0.494 e. The number of fused-ring (bicyclic) bond motifs is 1. The van der Waals surface area contributed by atoms with E-state index in [1.807, 2.05) is 24.4 Å². The maximum absolute atomic E-state index is 12.1. The topological polar surface area (TPSA) is 78.4 Å². The Labute approximate surface area is 222 Å². The van der Waals surface area contributed by atoms with Gasteiger partial charge in [0.25, 0.3) is 5.56 Å². The predicted molar refractivity (Wildman–Crippen MR) is 142 cm³/mol. The third-order valence-corrected chi connectivity index (χ3v) is 6.88. The van der Waals surface area contributed by atoms with Gasteiger partial charge in [-0.2, -0.15) is 13.9 Å². The molecule has 11 heteroatoms. The molecule has 2 aromatic heterocycles. The molecule has 2 aromatic carbocycles. The molecule has 0 unspecified atom stereocenters. The highest BCUT2D eigenvalue weighted by Crippen LogP contribution is 2.36. The Morgan fingerprint density at radius 1 is 1.08 bits per heavy atom. The van der Waals surface area contributed by atoms with Gasteiger partial charge < -0.3 is 18.6 Å². The van der Waals surface area contributed by atoms with E-state index in [0.717, 1.165) is 20.8 Å². The summed E-state index contributed by atoms with van der Waals surface area (Å²) in [7, 11) is -0.317. The molecule has 5 rings (SSSR count). The van der Waals surface area contributed by atoms with Crippen molar-refractivity contribution in [1.29, 1.82) is 0 Å². The number of rotatable bonds is 5. The Kier molecular flexibility index (Phi) is 7.87. The van der Waals surface area contributed by atoms with Gasteiger partial charge in [0.05, 0.1) is 29.5 Å². The van der Waals surface area contributed by atoms with Crippen molar-refractivity contribution in [3.63, 3.8) is 0 Å². The predicted octanol–water partition coefficient (Wildman–Crippen LogP) is 5.12. The number of nitrogens with one attached hydrogen (secondary N) is 1. The van der Waals surface area contributed by atoms with Gasteiger partial charge in [0.1, 0.15) is 5.75 Å². The molecule has 194 valence electrons. The molecule has 0 atom stereocenters. The van der Waals surface area contributed by atoms with Crippen molar-refractivity contribution in [2.24, 2.45) is 0 Å². The molecule has 3 heterocycles. The summed E-state index contributed by atoms with van der Waals surface area (Å²) in [5, 5.41) is 8.08. The van der Waals surface area contributed by atoms with Crippen molar-refractivity contribution in [3.05, 3.63) is 87.4 Å². The van der Waals surface area contributed by atoms with Crippen molar-refractivity contribution < 1.29 is 22.8 Å². The lowest BCUT2D eigenvalue weighted by Gasteiger charge is -2.32. The monoisotopic (exact) mass is 573 g/mol. The van der Waals surface area contributed by atoms with Crippen LogP contribution in [0.15, 0.2) is 76.3 Å². The molecule has 1 N–H and O–H groups in total. The van der Waals surface area contributed by atoms with Gasteiger partial charge in [0.15, 0.2) is 0 Å². The molecule has 0 radical (unpaired) electrons. The van der Waals surface area contributed by atoms with Crippen LogP contribution in [0.2, 0.25) is 0 Å². The van der Waals surface area contributed by atoms with Crippen LogP contribution in [0.5, 0.6) is 5.75 Å². The molecular formula is C26H27BBrF2N3O4. The first-order valence-corrected chi connectivity index (χ1v) is 12.4. The van der Waals surface area contributed by atoms with E-state index in [-0.39, 0.29) is 29.6 Å². The fourth-order valence-corrected chi connectivity index (χ4v) is 4.10. The minimum absolute atomic E-state index is 0.0792. The van der Waals surface area contributed by atoms with Crippen LogP contribution >= 0.6 is 15.9 Å². The third kappa shape index (κ3) is 6.47. The number of halogens is 3. The van der Waals surface area contributed by atoms with Gasteiger partial charge in [-0.3, -0.25) is 9.89 Å².